The molecule has 0 saturated carbocycles. The molecule has 1 aliphatic heterocycles. The van der Waals surface area contributed by atoms with Crippen LogP contribution in [-0.4, -0.2) is 44.9 Å². The maximum Gasteiger partial charge on any atom is 0.268 e. The van der Waals surface area contributed by atoms with E-state index in [0.717, 1.165) is 5.56 Å². The molecule has 0 atom stereocenters. The maximum absolute atomic E-state index is 13.5. The Hall–Kier alpha value is -3.53. The van der Waals surface area contributed by atoms with Crippen molar-refractivity contribution in [1.29, 1.82) is 0 Å². The van der Waals surface area contributed by atoms with Gasteiger partial charge in [0.15, 0.2) is 0 Å². The summed E-state index contributed by atoms with van der Waals surface area (Å²) in [5, 5.41) is 7.14. The van der Waals surface area contributed by atoms with Gasteiger partial charge >= 0.3 is 0 Å². The first-order valence-electron chi connectivity index (χ1n) is 10.4. The fourth-order valence-corrected chi connectivity index (χ4v) is 5.97. The molecule has 2 aromatic carbocycles. The van der Waals surface area contributed by atoms with Gasteiger partial charge in [-0.15, -0.1) is 0 Å². The molecule has 0 radical (unpaired) electrons. The summed E-state index contributed by atoms with van der Waals surface area (Å²) in [6.07, 6.45) is 0.661. The van der Waals surface area contributed by atoms with Crippen LogP contribution >= 0.6 is 0 Å². The zero-order valence-corrected chi connectivity index (χ0v) is 19.8. The Morgan fingerprint density at radius 2 is 1.76 bits per heavy atom. The second-order valence-corrected chi connectivity index (χ2v) is 9.56. The molecule has 0 spiro atoms. The summed E-state index contributed by atoms with van der Waals surface area (Å²) in [4.78, 5) is 12.8. The first-order valence-corrected chi connectivity index (χ1v) is 11.9. The number of aryl methyl sites for hydroxylation is 1. The highest BCUT2D eigenvalue weighted by molar-refractivity contribution is 7.93. The molecule has 1 amide bonds. The number of carbonyl (C=O) groups is 1. The van der Waals surface area contributed by atoms with Gasteiger partial charge in [0, 0.05) is 30.4 Å². The van der Waals surface area contributed by atoms with E-state index in [9.17, 15) is 13.2 Å². The minimum Gasteiger partial charge on any atom is -0.497 e. The summed E-state index contributed by atoms with van der Waals surface area (Å²) in [5.41, 5.74) is 2.95. The van der Waals surface area contributed by atoms with Gasteiger partial charge in [0.05, 0.1) is 31.3 Å². The van der Waals surface area contributed by atoms with E-state index in [1.165, 1.54) is 23.2 Å². The quantitative estimate of drug-likeness (QED) is 0.570. The van der Waals surface area contributed by atoms with Crippen LogP contribution in [0.4, 0.5) is 11.4 Å². The number of fused-ring (bicyclic) bond motifs is 1. The molecule has 2 heterocycles. The number of para-hydroxylation sites is 1. The van der Waals surface area contributed by atoms with E-state index in [0.29, 0.717) is 47.2 Å². The van der Waals surface area contributed by atoms with Crippen LogP contribution in [-0.2, 0) is 27.8 Å². The van der Waals surface area contributed by atoms with E-state index >= 15 is 0 Å². The Morgan fingerprint density at radius 1 is 1.09 bits per heavy atom. The number of hydrogen-bond donors (Lipinski definition) is 1. The van der Waals surface area contributed by atoms with E-state index in [4.69, 9.17) is 9.47 Å². The highest BCUT2D eigenvalue weighted by Gasteiger charge is 2.35. The summed E-state index contributed by atoms with van der Waals surface area (Å²) < 4.78 is 40.3. The Labute approximate surface area is 193 Å². The van der Waals surface area contributed by atoms with Crippen molar-refractivity contribution in [2.45, 2.75) is 31.7 Å². The standard InChI is InChI=1S/C23H26N4O5S/c1-15-23(33(29,30)27-10-9-17-7-5-6-8-21(17)27)16(2)26(25-15)14-22(28)24-18-11-19(31-3)13-20(12-18)32-4/h5-8,11-13H,9-10,14H2,1-4H3,(H,24,28). The van der Waals surface area contributed by atoms with Crippen molar-refractivity contribution < 1.29 is 22.7 Å². The number of hydrogen-bond acceptors (Lipinski definition) is 6. The SMILES string of the molecule is COc1cc(NC(=O)Cn2nc(C)c(S(=O)(=O)N3CCc4ccccc43)c2C)cc(OC)c1. The number of ether oxygens (including phenoxy) is 2. The topological polar surface area (TPSA) is 103 Å². The molecule has 0 fully saturated rings. The molecule has 0 unspecified atom stereocenters. The summed E-state index contributed by atoms with van der Waals surface area (Å²) in [7, 11) is -0.771. The number of methoxy groups -OCH3 is 2. The number of sulfonamides is 1. The van der Waals surface area contributed by atoms with E-state index in [1.54, 1.807) is 32.0 Å². The number of benzene rings is 2. The van der Waals surface area contributed by atoms with Crippen LogP contribution in [0, 0.1) is 13.8 Å². The van der Waals surface area contributed by atoms with Crippen molar-refractivity contribution >= 4 is 27.3 Å². The Balaban J connectivity index is 1.58. The Morgan fingerprint density at radius 3 is 2.42 bits per heavy atom. The number of amides is 1. The van der Waals surface area contributed by atoms with Crippen LogP contribution < -0.4 is 19.1 Å². The third kappa shape index (κ3) is 4.25. The second-order valence-electron chi connectivity index (χ2n) is 7.76. The van der Waals surface area contributed by atoms with E-state index in [1.807, 2.05) is 24.3 Å². The number of anilines is 2. The van der Waals surface area contributed by atoms with Crippen LogP contribution in [0.2, 0.25) is 0 Å². The van der Waals surface area contributed by atoms with Gasteiger partial charge in [0.1, 0.15) is 22.9 Å². The highest BCUT2D eigenvalue weighted by atomic mass is 32.2. The number of aromatic nitrogens is 2. The van der Waals surface area contributed by atoms with Crippen LogP contribution in [0.1, 0.15) is 17.0 Å². The average Bonchev–Trinajstić information content (AvgIpc) is 3.34. The molecule has 1 aromatic heterocycles. The number of rotatable bonds is 7. The predicted molar refractivity (Wildman–Crippen MR) is 125 cm³/mol. The van der Waals surface area contributed by atoms with Crippen molar-refractivity contribution in [1.82, 2.24) is 9.78 Å². The number of nitrogens with zero attached hydrogens (tertiary/aromatic N) is 3. The van der Waals surface area contributed by atoms with Crippen molar-refractivity contribution in [3.8, 4) is 11.5 Å². The van der Waals surface area contributed by atoms with Crippen molar-refractivity contribution in [2.75, 3.05) is 30.4 Å². The third-order valence-electron chi connectivity index (χ3n) is 5.64. The molecule has 174 valence electrons. The lowest BCUT2D eigenvalue weighted by atomic mass is 10.2. The smallest absolute Gasteiger partial charge is 0.268 e. The van der Waals surface area contributed by atoms with Crippen molar-refractivity contribution in [3.05, 3.63) is 59.4 Å². The van der Waals surface area contributed by atoms with Crippen LogP contribution in [0.3, 0.4) is 0 Å². The largest absolute Gasteiger partial charge is 0.497 e. The second kappa shape index (κ2) is 8.78. The van der Waals surface area contributed by atoms with Gasteiger partial charge in [0.2, 0.25) is 5.91 Å². The number of carbonyl (C=O) groups excluding carboxylic acids is 1. The van der Waals surface area contributed by atoms with Crippen LogP contribution in [0.25, 0.3) is 0 Å². The molecule has 0 aliphatic carbocycles. The molecule has 10 heteroatoms. The van der Waals surface area contributed by atoms with E-state index in [2.05, 4.69) is 10.4 Å². The average molecular weight is 471 g/mol. The monoisotopic (exact) mass is 470 g/mol. The van der Waals surface area contributed by atoms with Gasteiger partial charge in [-0.05, 0) is 31.9 Å². The molecule has 9 nitrogen and oxygen atoms in total. The van der Waals surface area contributed by atoms with Gasteiger partial charge in [-0.2, -0.15) is 5.10 Å². The van der Waals surface area contributed by atoms with E-state index in [-0.39, 0.29) is 17.3 Å². The lowest BCUT2D eigenvalue weighted by Gasteiger charge is -2.19. The molecular formula is C23H26N4O5S. The van der Waals surface area contributed by atoms with E-state index < -0.39 is 10.0 Å². The molecule has 33 heavy (non-hydrogen) atoms. The van der Waals surface area contributed by atoms with Crippen molar-refractivity contribution in [3.63, 3.8) is 0 Å². The minimum absolute atomic E-state index is 0.134. The fraction of sp³-hybridized carbons (Fsp3) is 0.304. The predicted octanol–water partition coefficient (Wildman–Crippen LogP) is 2.91. The first kappa shape index (κ1) is 22.7. The van der Waals surface area contributed by atoms with Crippen LogP contribution in [0.15, 0.2) is 47.4 Å². The normalized spacial score (nSPS) is 13.0. The molecular weight excluding hydrogens is 444 g/mol. The molecule has 0 saturated heterocycles. The third-order valence-corrected chi connectivity index (χ3v) is 7.70. The molecule has 1 N–H and O–H groups in total. The Kier molecular flexibility index (Phi) is 6.03. The van der Waals surface area contributed by atoms with Gasteiger partial charge in [-0.25, -0.2) is 8.42 Å². The van der Waals surface area contributed by atoms with Gasteiger partial charge in [0.25, 0.3) is 10.0 Å². The van der Waals surface area contributed by atoms with Gasteiger partial charge in [-0.3, -0.25) is 13.8 Å². The molecule has 3 aromatic rings. The highest BCUT2D eigenvalue weighted by Crippen LogP contribution is 2.34. The lowest BCUT2D eigenvalue weighted by molar-refractivity contribution is -0.116. The maximum atomic E-state index is 13.5. The summed E-state index contributed by atoms with van der Waals surface area (Å²) in [6, 6.07) is 12.5. The summed E-state index contributed by atoms with van der Waals surface area (Å²) in [5.74, 6) is 0.719. The zero-order valence-electron chi connectivity index (χ0n) is 19.0. The fourth-order valence-electron chi connectivity index (χ4n) is 4.09. The molecule has 4 rings (SSSR count). The van der Waals surface area contributed by atoms with Crippen molar-refractivity contribution in [2.24, 2.45) is 0 Å². The molecule has 0 bridgehead atoms. The van der Waals surface area contributed by atoms with Crippen LogP contribution in [0.5, 0.6) is 11.5 Å². The Bertz CT molecular complexity index is 1290. The minimum atomic E-state index is -3.82. The first-order chi connectivity index (χ1) is 15.7. The lowest BCUT2D eigenvalue weighted by Crippen LogP contribution is -2.30. The number of nitrogens with one attached hydrogen (secondary N) is 1. The van der Waals surface area contributed by atoms with Gasteiger partial charge < -0.3 is 14.8 Å². The summed E-state index contributed by atoms with van der Waals surface area (Å²) >= 11 is 0. The zero-order chi connectivity index (χ0) is 23.8. The van der Waals surface area contributed by atoms with Gasteiger partial charge in [-0.1, -0.05) is 18.2 Å². The molecule has 1 aliphatic rings. The summed E-state index contributed by atoms with van der Waals surface area (Å²) in [6.45, 7) is 3.54.